The highest BCUT2D eigenvalue weighted by Crippen LogP contribution is 2.26. The Hall–Kier alpha value is -3.85. The Bertz CT molecular complexity index is 1420. The Morgan fingerprint density at radius 2 is 1.54 bits per heavy atom. The number of ether oxygens (including phenoxy) is 1. The van der Waals surface area contributed by atoms with Crippen LogP contribution in [0.15, 0.2) is 77.7 Å². The first kappa shape index (κ1) is 31.7. The minimum Gasteiger partial charge on any atom is -0.494 e. The molecule has 3 rings (SSSR count). The van der Waals surface area contributed by atoms with Crippen molar-refractivity contribution in [3.8, 4) is 5.75 Å². The first-order chi connectivity index (χ1) is 19.4. The number of sulfonamides is 1. The quantitative estimate of drug-likeness (QED) is 0.305. The maximum atomic E-state index is 14.0. The second kappa shape index (κ2) is 14.2. The third-order valence-electron chi connectivity index (χ3n) is 6.78. The van der Waals surface area contributed by atoms with Gasteiger partial charge in [0.1, 0.15) is 18.3 Å². The molecule has 9 heteroatoms. The van der Waals surface area contributed by atoms with Crippen LogP contribution in [0.25, 0.3) is 0 Å². The minimum absolute atomic E-state index is 0.0301. The van der Waals surface area contributed by atoms with Crippen molar-refractivity contribution >= 4 is 27.5 Å². The van der Waals surface area contributed by atoms with Gasteiger partial charge < -0.3 is 15.0 Å². The van der Waals surface area contributed by atoms with Crippen LogP contribution in [-0.2, 0) is 26.2 Å². The maximum Gasteiger partial charge on any atom is 0.264 e. The predicted molar refractivity (Wildman–Crippen MR) is 162 cm³/mol. The first-order valence-corrected chi connectivity index (χ1v) is 15.3. The number of nitrogens with one attached hydrogen (secondary N) is 1. The minimum atomic E-state index is -4.15. The molecule has 0 saturated carbocycles. The molecule has 1 atom stereocenters. The number of hydrogen-bond acceptors (Lipinski definition) is 5. The van der Waals surface area contributed by atoms with Gasteiger partial charge in [-0.2, -0.15) is 0 Å². The van der Waals surface area contributed by atoms with Gasteiger partial charge in [-0.1, -0.05) is 55.8 Å². The summed E-state index contributed by atoms with van der Waals surface area (Å²) in [4.78, 5) is 28.6. The zero-order valence-corrected chi connectivity index (χ0v) is 25.6. The summed E-state index contributed by atoms with van der Waals surface area (Å²) in [6.45, 7) is 12.0. The molecule has 0 bridgehead atoms. The number of hydrogen-bond donors (Lipinski definition) is 1. The summed E-state index contributed by atoms with van der Waals surface area (Å²) in [5.41, 5.74) is 3.15. The molecule has 8 nitrogen and oxygen atoms in total. The molecular weight excluding hydrogens is 538 g/mol. The molecule has 0 radical (unpaired) electrons. The molecule has 0 aliphatic carbocycles. The number of nitrogens with zero attached hydrogens (tertiary/aromatic N) is 2. The lowest BCUT2D eigenvalue weighted by Gasteiger charge is -2.32. The number of amides is 2. The average Bonchev–Trinajstić information content (AvgIpc) is 2.94. The topological polar surface area (TPSA) is 96.0 Å². The monoisotopic (exact) mass is 579 g/mol. The van der Waals surface area contributed by atoms with E-state index in [1.165, 1.54) is 17.0 Å². The fraction of sp³-hybridized carbons (Fsp3) is 0.375. The highest BCUT2D eigenvalue weighted by molar-refractivity contribution is 7.92. The second-order valence-corrected chi connectivity index (χ2v) is 12.4. The molecule has 3 aromatic rings. The highest BCUT2D eigenvalue weighted by atomic mass is 32.2. The van der Waals surface area contributed by atoms with E-state index in [1.54, 1.807) is 43.3 Å². The summed E-state index contributed by atoms with van der Waals surface area (Å²) >= 11 is 0. The van der Waals surface area contributed by atoms with E-state index in [0.717, 1.165) is 21.0 Å². The van der Waals surface area contributed by atoms with Crippen molar-refractivity contribution in [2.45, 2.75) is 59.0 Å². The van der Waals surface area contributed by atoms with Crippen molar-refractivity contribution in [3.05, 3.63) is 89.5 Å². The van der Waals surface area contributed by atoms with Crippen molar-refractivity contribution in [3.63, 3.8) is 0 Å². The lowest BCUT2D eigenvalue weighted by Crippen LogP contribution is -2.51. The smallest absolute Gasteiger partial charge is 0.264 e. The SMILES string of the molecule is CCOc1ccc(S(=O)(=O)N(CC(=O)N(Cc2ccccc2C)C(C)C(=O)NCC(C)C)c2ccc(C)cc2)cc1. The standard InChI is InChI=1S/C32H41N3O5S/c1-7-40-29-16-18-30(19-17-29)41(38,39)35(28-14-12-24(4)13-15-28)22-31(36)34(21-27-11-9-8-10-25(27)5)26(6)32(37)33-20-23(2)3/h8-19,23,26H,7,20-22H2,1-6H3,(H,33,37). The van der Waals surface area contributed by atoms with Crippen molar-refractivity contribution < 1.29 is 22.7 Å². The zero-order valence-electron chi connectivity index (χ0n) is 24.8. The summed E-state index contributed by atoms with van der Waals surface area (Å²) in [5.74, 6) is 0.00503. The van der Waals surface area contributed by atoms with Crippen LogP contribution in [0.4, 0.5) is 5.69 Å². The van der Waals surface area contributed by atoms with E-state index in [0.29, 0.717) is 24.6 Å². The van der Waals surface area contributed by atoms with E-state index < -0.39 is 28.5 Å². The molecule has 2 amide bonds. The second-order valence-electron chi connectivity index (χ2n) is 10.5. The Morgan fingerprint density at radius 1 is 0.902 bits per heavy atom. The largest absolute Gasteiger partial charge is 0.494 e. The molecule has 0 aliphatic heterocycles. The summed E-state index contributed by atoms with van der Waals surface area (Å²) in [5, 5.41) is 2.90. The maximum absolute atomic E-state index is 14.0. The number of rotatable bonds is 13. The molecule has 3 aromatic carbocycles. The van der Waals surface area contributed by atoms with Gasteiger partial charge in [-0.3, -0.25) is 13.9 Å². The number of carbonyl (C=O) groups is 2. The van der Waals surface area contributed by atoms with Crippen molar-refractivity contribution in [2.75, 3.05) is 24.0 Å². The van der Waals surface area contributed by atoms with Gasteiger partial charge in [0.15, 0.2) is 0 Å². The van der Waals surface area contributed by atoms with Crippen LogP contribution in [0.5, 0.6) is 5.75 Å². The van der Waals surface area contributed by atoms with E-state index in [2.05, 4.69) is 5.32 Å². The van der Waals surface area contributed by atoms with Gasteiger partial charge in [0.2, 0.25) is 11.8 Å². The molecule has 0 aromatic heterocycles. The Labute approximate surface area is 244 Å². The van der Waals surface area contributed by atoms with Crippen LogP contribution < -0.4 is 14.4 Å². The molecule has 0 spiro atoms. The number of anilines is 1. The van der Waals surface area contributed by atoms with Gasteiger partial charge in [0.05, 0.1) is 17.2 Å². The Morgan fingerprint density at radius 3 is 2.12 bits per heavy atom. The van der Waals surface area contributed by atoms with Gasteiger partial charge in [0, 0.05) is 13.1 Å². The van der Waals surface area contributed by atoms with Crippen LogP contribution in [0.3, 0.4) is 0 Å². The van der Waals surface area contributed by atoms with Gasteiger partial charge >= 0.3 is 0 Å². The van der Waals surface area contributed by atoms with E-state index in [9.17, 15) is 18.0 Å². The molecule has 0 aliphatic rings. The van der Waals surface area contributed by atoms with Gasteiger partial charge in [-0.15, -0.1) is 0 Å². The zero-order chi connectivity index (χ0) is 30.2. The van der Waals surface area contributed by atoms with E-state index >= 15 is 0 Å². The van der Waals surface area contributed by atoms with E-state index in [-0.39, 0.29) is 23.3 Å². The molecule has 220 valence electrons. The molecule has 1 unspecified atom stereocenters. The van der Waals surface area contributed by atoms with E-state index in [4.69, 9.17) is 4.74 Å². The predicted octanol–water partition coefficient (Wildman–Crippen LogP) is 5.09. The molecule has 41 heavy (non-hydrogen) atoms. The fourth-order valence-corrected chi connectivity index (χ4v) is 5.66. The lowest BCUT2D eigenvalue weighted by molar-refractivity contribution is -0.139. The van der Waals surface area contributed by atoms with Crippen LogP contribution >= 0.6 is 0 Å². The van der Waals surface area contributed by atoms with Crippen molar-refractivity contribution in [1.29, 1.82) is 0 Å². The van der Waals surface area contributed by atoms with Crippen LogP contribution in [0, 0.1) is 19.8 Å². The average molecular weight is 580 g/mol. The molecule has 1 N–H and O–H groups in total. The summed E-state index contributed by atoms with van der Waals surface area (Å²) in [6, 6.07) is 19.9. The first-order valence-electron chi connectivity index (χ1n) is 13.9. The molecule has 0 fully saturated rings. The number of aryl methyl sites for hydroxylation is 2. The van der Waals surface area contributed by atoms with Gasteiger partial charge in [0.25, 0.3) is 10.0 Å². The Balaban J connectivity index is 2.01. The number of benzene rings is 3. The Kier molecular flexibility index (Phi) is 10.9. The fourth-order valence-electron chi connectivity index (χ4n) is 4.25. The molecule has 0 saturated heterocycles. The summed E-state index contributed by atoms with van der Waals surface area (Å²) in [7, 11) is -4.15. The number of carbonyl (C=O) groups excluding carboxylic acids is 2. The van der Waals surface area contributed by atoms with E-state index in [1.807, 2.05) is 58.9 Å². The van der Waals surface area contributed by atoms with Gasteiger partial charge in [-0.05, 0) is 81.1 Å². The van der Waals surface area contributed by atoms with Crippen molar-refractivity contribution in [2.24, 2.45) is 5.92 Å². The third kappa shape index (κ3) is 8.33. The van der Waals surface area contributed by atoms with Crippen LogP contribution in [0.2, 0.25) is 0 Å². The van der Waals surface area contributed by atoms with Crippen molar-refractivity contribution in [1.82, 2.24) is 10.2 Å². The van der Waals surface area contributed by atoms with Gasteiger partial charge in [-0.25, -0.2) is 8.42 Å². The molecular formula is C32H41N3O5S. The lowest BCUT2D eigenvalue weighted by atomic mass is 10.1. The highest BCUT2D eigenvalue weighted by Gasteiger charge is 2.32. The van der Waals surface area contributed by atoms with Crippen LogP contribution in [0.1, 0.15) is 44.4 Å². The molecule has 0 heterocycles. The van der Waals surface area contributed by atoms with Crippen LogP contribution in [-0.4, -0.2) is 50.9 Å². The normalized spacial score (nSPS) is 12.1. The third-order valence-corrected chi connectivity index (χ3v) is 8.57. The summed E-state index contributed by atoms with van der Waals surface area (Å²) < 4.78 is 34.5. The summed E-state index contributed by atoms with van der Waals surface area (Å²) in [6.07, 6.45) is 0.